The monoisotopic (exact) mass is 375 g/mol. The molecule has 1 aromatic heterocycles. The van der Waals surface area contributed by atoms with Gasteiger partial charge >= 0.3 is 5.69 Å². The van der Waals surface area contributed by atoms with Gasteiger partial charge in [0.05, 0.1) is 12.0 Å². The lowest BCUT2D eigenvalue weighted by Crippen LogP contribution is -1.94. The molecule has 1 heterocycles. The van der Waals surface area contributed by atoms with Gasteiger partial charge in [-0.25, -0.2) is 0 Å². The molecule has 0 N–H and O–H groups in total. The van der Waals surface area contributed by atoms with Crippen molar-refractivity contribution in [3.8, 4) is 28.6 Å². The first-order valence-corrected chi connectivity index (χ1v) is 7.30. The summed E-state index contributed by atoms with van der Waals surface area (Å²) in [5, 5.41) is 15.0. The Bertz CT molecular complexity index is 879. The summed E-state index contributed by atoms with van der Waals surface area (Å²) < 4.78 is 11.1. The van der Waals surface area contributed by atoms with Gasteiger partial charge in [-0.3, -0.25) is 10.1 Å². The number of aromatic nitrogens is 2. The standard InChI is InChI=1S/C15H10BrN3O4/c1-22-13-6-5-10(8-12(13)19(20)21)15-17-14(18-23-15)9-3-2-4-11(16)7-9/h2-8H,1H3. The highest BCUT2D eigenvalue weighted by atomic mass is 79.9. The van der Waals surface area contributed by atoms with Crippen molar-refractivity contribution in [2.24, 2.45) is 0 Å². The Morgan fingerprint density at radius 3 is 2.74 bits per heavy atom. The van der Waals surface area contributed by atoms with Crippen LogP contribution < -0.4 is 4.74 Å². The van der Waals surface area contributed by atoms with Crippen molar-refractivity contribution in [3.05, 3.63) is 57.1 Å². The number of rotatable bonds is 4. The smallest absolute Gasteiger partial charge is 0.311 e. The lowest BCUT2D eigenvalue weighted by atomic mass is 10.2. The molecule has 0 radical (unpaired) electrons. The van der Waals surface area contributed by atoms with Crippen LogP contribution in [-0.2, 0) is 0 Å². The molecule has 3 rings (SSSR count). The molecule has 2 aromatic carbocycles. The van der Waals surface area contributed by atoms with Crippen molar-refractivity contribution >= 4 is 21.6 Å². The fraction of sp³-hybridized carbons (Fsp3) is 0.0667. The number of nitro benzene ring substituents is 1. The molecule has 0 aliphatic heterocycles. The van der Waals surface area contributed by atoms with Crippen molar-refractivity contribution in [2.45, 2.75) is 0 Å². The minimum Gasteiger partial charge on any atom is -0.490 e. The third kappa shape index (κ3) is 3.07. The van der Waals surface area contributed by atoms with Gasteiger partial charge in [-0.1, -0.05) is 33.2 Å². The average Bonchev–Trinajstić information content (AvgIpc) is 3.04. The number of halogens is 1. The van der Waals surface area contributed by atoms with E-state index in [4.69, 9.17) is 9.26 Å². The van der Waals surface area contributed by atoms with Crippen molar-refractivity contribution in [1.82, 2.24) is 10.1 Å². The number of methoxy groups -OCH3 is 1. The van der Waals surface area contributed by atoms with E-state index < -0.39 is 4.92 Å². The zero-order valence-corrected chi connectivity index (χ0v) is 13.5. The molecule has 0 aliphatic rings. The Balaban J connectivity index is 2.00. The zero-order chi connectivity index (χ0) is 16.4. The van der Waals surface area contributed by atoms with Crippen LogP contribution in [0.5, 0.6) is 5.75 Å². The molecule has 7 nitrogen and oxygen atoms in total. The number of nitrogens with zero attached hydrogens (tertiary/aromatic N) is 3. The maximum absolute atomic E-state index is 11.1. The molecule has 3 aromatic rings. The van der Waals surface area contributed by atoms with Crippen LogP contribution in [0.15, 0.2) is 51.5 Å². The van der Waals surface area contributed by atoms with Gasteiger partial charge in [-0.15, -0.1) is 0 Å². The molecule has 0 saturated heterocycles. The normalized spacial score (nSPS) is 10.5. The molecular weight excluding hydrogens is 366 g/mol. The van der Waals surface area contributed by atoms with Crippen LogP contribution >= 0.6 is 15.9 Å². The summed E-state index contributed by atoms with van der Waals surface area (Å²) in [5.41, 5.74) is 1.07. The maximum atomic E-state index is 11.1. The highest BCUT2D eigenvalue weighted by Gasteiger charge is 2.19. The molecule has 8 heteroatoms. The minimum atomic E-state index is -0.520. The van der Waals surface area contributed by atoms with Crippen LogP contribution in [0.25, 0.3) is 22.8 Å². The van der Waals surface area contributed by atoms with Gasteiger partial charge in [0, 0.05) is 21.7 Å². The molecule has 0 amide bonds. The van der Waals surface area contributed by atoms with Crippen LogP contribution in [-0.4, -0.2) is 22.2 Å². The minimum absolute atomic E-state index is 0.160. The summed E-state index contributed by atoms with van der Waals surface area (Å²) >= 11 is 3.38. The van der Waals surface area contributed by atoms with Crippen LogP contribution in [0.3, 0.4) is 0 Å². The summed E-state index contributed by atoms with van der Waals surface area (Å²) in [6.45, 7) is 0. The summed E-state index contributed by atoms with van der Waals surface area (Å²) in [6.07, 6.45) is 0. The Morgan fingerprint density at radius 1 is 1.22 bits per heavy atom. The van der Waals surface area contributed by atoms with Crippen molar-refractivity contribution in [2.75, 3.05) is 7.11 Å². The molecule has 116 valence electrons. The summed E-state index contributed by atoms with van der Waals surface area (Å²) in [6, 6.07) is 11.9. The fourth-order valence-corrected chi connectivity index (χ4v) is 2.45. The topological polar surface area (TPSA) is 91.3 Å². The average molecular weight is 376 g/mol. The van der Waals surface area contributed by atoms with Crippen molar-refractivity contribution in [3.63, 3.8) is 0 Å². The van der Waals surface area contributed by atoms with E-state index in [1.807, 2.05) is 24.3 Å². The highest BCUT2D eigenvalue weighted by molar-refractivity contribution is 9.10. The Hall–Kier alpha value is -2.74. The number of ether oxygens (including phenoxy) is 1. The first-order chi connectivity index (χ1) is 11.1. The van der Waals surface area contributed by atoms with Crippen LogP contribution in [0, 0.1) is 10.1 Å². The molecule has 0 bridgehead atoms. The summed E-state index contributed by atoms with van der Waals surface area (Å²) in [4.78, 5) is 14.8. The Kier molecular flexibility index (Phi) is 4.07. The van der Waals surface area contributed by atoms with Gasteiger partial charge < -0.3 is 9.26 Å². The van der Waals surface area contributed by atoms with Gasteiger partial charge in [0.2, 0.25) is 5.82 Å². The van der Waals surface area contributed by atoms with E-state index in [-0.39, 0.29) is 17.3 Å². The number of benzene rings is 2. The van der Waals surface area contributed by atoms with E-state index in [9.17, 15) is 10.1 Å². The first-order valence-electron chi connectivity index (χ1n) is 6.51. The summed E-state index contributed by atoms with van der Waals surface area (Å²) in [7, 11) is 1.38. The van der Waals surface area contributed by atoms with Crippen molar-refractivity contribution < 1.29 is 14.2 Å². The largest absolute Gasteiger partial charge is 0.490 e. The van der Waals surface area contributed by atoms with E-state index in [1.165, 1.54) is 19.2 Å². The lowest BCUT2D eigenvalue weighted by Gasteiger charge is -2.02. The van der Waals surface area contributed by atoms with Crippen LogP contribution in [0.1, 0.15) is 0 Å². The third-order valence-corrected chi connectivity index (χ3v) is 3.62. The van der Waals surface area contributed by atoms with Gasteiger partial charge in [0.25, 0.3) is 5.89 Å². The van der Waals surface area contributed by atoms with Gasteiger partial charge in [0.15, 0.2) is 5.75 Å². The predicted molar refractivity (Wildman–Crippen MR) is 86.1 cm³/mol. The van der Waals surface area contributed by atoms with Gasteiger partial charge in [-0.2, -0.15) is 4.98 Å². The molecule has 0 atom stereocenters. The zero-order valence-electron chi connectivity index (χ0n) is 11.9. The van der Waals surface area contributed by atoms with E-state index >= 15 is 0 Å². The van der Waals surface area contributed by atoms with E-state index in [1.54, 1.807) is 6.07 Å². The van der Waals surface area contributed by atoms with Crippen molar-refractivity contribution in [1.29, 1.82) is 0 Å². The SMILES string of the molecule is COc1ccc(-c2nc(-c3cccc(Br)c3)no2)cc1[N+](=O)[O-]. The lowest BCUT2D eigenvalue weighted by molar-refractivity contribution is -0.385. The number of hydrogen-bond acceptors (Lipinski definition) is 6. The molecule has 0 saturated carbocycles. The van der Waals surface area contributed by atoms with Crippen LogP contribution in [0.2, 0.25) is 0 Å². The molecule has 0 fully saturated rings. The van der Waals surface area contributed by atoms with E-state index in [0.29, 0.717) is 11.4 Å². The molecule has 0 unspecified atom stereocenters. The second kappa shape index (κ2) is 6.17. The van der Waals surface area contributed by atoms with Gasteiger partial charge in [-0.05, 0) is 24.3 Å². The van der Waals surface area contributed by atoms with Crippen LogP contribution in [0.4, 0.5) is 5.69 Å². The Labute approximate surface area is 139 Å². The van der Waals surface area contributed by atoms with Gasteiger partial charge in [0.1, 0.15) is 0 Å². The summed E-state index contributed by atoms with van der Waals surface area (Å²) in [5.74, 6) is 0.774. The molecule has 0 aliphatic carbocycles. The molecular formula is C15H10BrN3O4. The van der Waals surface area contributed by atoms with E-state index in [2.05, 4.69) is 26.1 Å². The first kappa shape index (κ1) is 15.2. The predicted octanol–water partition coefficient (Wildman–Crippen LogP) is 4.08. The molecule has 0 spiro atoms. The highest BCUT2D eigenvalue weighted by Crippen LogP contribution is 2.32. The quantitative estimate of drug-likeness (QED) is 0.503. The van der Waals surface area contributed by atoms with E-state index in [0.717, 1.165) is 10.0 Å². The second-order valence-corrected chi connectivity index (χ2v) is 5.49. The third-order valence-electron chi connectivity index (χ3n) is 3.13. The Morgan fingerprint density at radius 2 is 2.04 bits per heavy atom. The number of nitro groups is 1. The molecule has 23 heavy (non-hydrogen) atoms. The fourth-order valence-electron chi connectivity index (χ4n) is 2.05. The second-order valence-electron chi connectivity index (χ2n) is 4.58. The number of hydrogen-bond donors (Lipinski definition) is 0. The maximum Gasteiger partial charge on any atom is 0.311 e.